The summed E-state index contributed by atoms with van der Waals surface area (Å²) in [6.45, 7) is 1.74. The van der Waals surface area contributed by atoms with E-state index < -0.39 is 23.6 Å². The molecule has 3 amide bonds. The molecular weight excluding hydrogens is 670 g/mol. The number of hydrogen-bond acceptors (Lipinski definition) is 9. The van der Waals surface area contributed by atoms with E-state index in [1.54, 1.807) is 49.0 Å². The number of amides is 3. The van der Waals surface area contributed by atoms with Crippen LogP contribution in [0.3, 0.4) is 0 Å². The number of carbonyl (C=O) groups excluding carboxylic acids is 4. The minimum absolute atomic E-state index is 0.00415. The summed E-state index contributed by atoms with van der Waals surface area (Å²) in [6, 6.07) is 19.3. The highest BCUT2D eigenvalue weighted by molar-refractivity contribution is 8.00. The highest BCUT2D eigenvalue weighted by Gasteiger charge is 2.69. The van der Waals surface area contributed by atoms with Crippen molar-refractivity contribution < 1.29 is 33.0 Å². The van der Waals surface area contributed by atoms with E-state index >= 15 is 0 Å². The van der Waals surface area contributed by atoms with Gasteiger partial charge in [0.15, 0.2) is 6.61 Å². The van der Waals surface area contributed by atoms with Crippen molar-refractivity contribution in [3.05, 3.63) is 104 Å². The molecule has 3 aromatic carbocycles. The molecule has 3 fully saturated rings. The molecule has 0 radical (unpaired) electrons. The van der Waals surface area contributed by atoms with Gasteiger partial charge in [-0.25, -0.2) is 9.18 Å². The minimum atomic E-state index is -0.487. The summed E-state index contributed by atoms with van der Waals surface area (Å²) in [7, 11) is 0. The van der Waals surface area contributed by atoms with E-state index in [-0.39, 0.29) is 64.7 Å². The molecule has 250 valence electrons. The summed E-state index contributed by atoms with van der Waals surface area (Å²) < 4.78 is 24.6. The van der Waals surface area contributed by atoms with Gasteiger partial charge in [-0.3, -0.25) is 24.1 Å². The lowest BCUT2D eigenvalue weighted by atomic mass is 9.68. The predicted molar refractivity (Wildman–Crippen MR) is 180 cm³/mol. The van der Waals surface area contributed by atoms with E-state index in [4.69, 9.17) is 9.47 Å². The summed E-state index contributed by atoms with van der Waals surface area (Å²) in [5.41, 5.74) is 2.16. The molecule has 10 nitrogen and oxygen atoms in total. The number of thioether (sulfide) groups is 1. The molecule has 1 aromatic heterocycles. The largest absolute Gasteiger partial charge is 0.484 e. The first-order valence-corrected chi connectivity index (χ1v) is 17.7. The third kappa shape index (κ3) is 5.35. The van der Waals surface area contributed by atoms with Gasteiger partial charge >= 0.3 is 10.8 Å². The van der Waals surface area contributed by atoms with Crippen LogP contribution in [0.5, 0.6) is 5.75 Å². The number of rotatable bonds is 8. The van der Waals surface area contributed by atoms with Crippen molar-refractivity contribution in [3.8, 4) is 5.75 Å². The minimum Gasteiger partial charge on any atom is -0.484 e. The molecule has 7 atom stereocenters. The number of esters is 1. The summed E-state index contributed by atoms with van der Waals surface area (Å²) in [5, 5.41) is 3.55. The van der Waals surface area contributed by atoms with E-state index in [1.807, 2.05) is 18.2 Å². The van der Waals surface area contributed by atoms with Crippen LogP contribution in [0.25, 0.3) is 0 Å². The van der Waals surface area contributed by atoms with Gasteiger partial charge in [0.1, 0.15) is 11.6 Å². The van der Waals surface area contributed by atoms with Crippen LogP contribution in [-0.2, 0) is 19.1 Å². The molecule has 8 rings (SSSR count). The maximum atomic E-state index is 13.9. The SMILES string of the molecule is CCOC(=O)c1ccc(NC(=O)COc2cccc([C@@H]3c4sc(=O)[nH]c4S[C@@H]4[C@@H]5C[C@@H]([C@@H]6C(=O)N(c7ccc(F)cc7)C(=O)[C@@H]56)[C@H]34)c2)cc1. The van der Waals surface area contributed by atoms with Crippen molar-refractivity contribution in [1.29, 1.82) is 0 Å². The van der Waals surface area contributed by atoms with Gasteiger partial charge in [-0.15, -0.1) is 11.8 Å². The third-order valence-electron chi connectivity index (χ3n) is 10.1. The number of anilines is 2. The standard InChI is InChI=1S/C36H30FN3O7S2/c1-2-46-35(44)17-6-10-20(11-7-17)38-25(41)16-47-22-5-3-4-18(14-22)26-27-23-15-24(30(27)48-32-31(26)49-36(45)39-32)29-28(23)33(42)40(34(29)43)21-12-8-19(37)9-13-21/h3-14,23-24,26-30H,2,15-16H2,1H3,(H,38,41)(H,39,45)/t23-,24-,26+,27-,28+,29+,30-/m1/s1. The number of benzene rings is 3. The van der Waals surface area contributed by atoms with Crippen LogP contribution in [0, 0.1) is 35.4 Å². The Bertz CT molecular complexity index is 2050. The highest BCUT2D eigenvalue weighted by atomic mass is 32.2. The van der Waals surface area contributed by atoms with Gasteiger partial charge in [-0.1, -0.05) is 23.5 Å². The summed E-state index contributed by atoms with van der Waals surface area (Å²) in [6.07, 6.45) is 0.735. The molecule has 1 saturated heterocycles. The van der Waals surface area contributed by atoms with Gasteiger partial charge in [-0.2, -0.15) is 0 Å². The zero-order valence-electron chi connectivity index (χ0n) is 26.1. The summed E-state index contributed by atoms with van der Waals surface area (Å²) >= 11 is 2.76. The van der Waals surface area contributed by atoms with E-state index in [1.165, 1.54) is 29.2 Å². The first-order chi connectivity index (χ1) is 23.7. The van der Waals surface area contributed by atoms with E-state index in [2.05, 4.69) is 10.3 Å². The molecule has 2 aliphatic heterocycles. The molecule has 2 bridgehead atoms. The highest BCUT2D eigenvalue weighted by Crippen LogP contribution is 2.68. The summed E-state index contributed by atoms with van der Waals surface area (Å²) in [5.74, 6) is -2.61. The second-order valence-electron chi connectivity index (χ2n) is 12.7. The lowest BCUT2D eigenvalue weighted by molar-refractivity contribution is -0.123. The molecule has 13 heteroatoms. The van der Waals surface area contributed by atoms with Gasteiger partial charge in [0.2, 0.25) is 11.8 Å². The van der Waals surface area contributed by atoms with Crippen LogP contribution in [0.15, 0.2) is 82.6 Å². The number of nitrogens with zero attached hydrogens (tertiary/aromatic N) is 1. The first kappa shape index (κ1) is 31.5. The smallest absolute Gasteiger partial charge is 0.338 e. The van der Waals surface area contributed by atoms with Crippen molar-refractivity contribution in [3.63, 3.8) is 0 Å². The van der Waals surface area contributed by atoms with E-state index in [0.717, 1.165) is 33.2 Å². The monoisotopic (exact) mass is 699 g/mol. The van der Waals surface area contributed by atoms with Crippen LogP contribution in [-0.4, -0.2) is 47.1 Å². The Balaban J connectivity index is 1.03. The van der Waals surface area contributed by atoms with Crippen LogP contribution < -0.4 is 19.8 Å². The third-order valence-corrected chi connectivity index (χ3v) is 12.7. The molecule has 2 N–H and O–H groups in total. The number of imide groups is 1. The average molecular weight is 700 g/mol. The number of aromatic nitrogens is 1. The number of fused-ring (bicyclic) bond motifs is 9. The molecule has 4 aromatic rings. The predicted octanol–water partition coefficient (Wildman–Crippen LogP) is 5.45. The van der Waals surface area contributed by atoms with Gasteiger partial charge in [0.05, 0.1) is 34.7 Å². The number of halogens is 1. The van der Waals surface area contributed by atoms with Crippen molar-refractivity contribution in [1.82, 2.24) is 4.98 Å². The Morgan fingerprint density at radius 3 is 2.45 bits per heavy atom. The summed E-state index contributed by atoms with van der Waals surface area (Å²) in [4.78, 5) is 70.0. The molecule has 4 aliphatic rings. The maximum absolute atomic E-state index is 13.9. The van der Waals surface area contributed by atoms with E-state index in [9.17, 15) is 28.4 Å². The van der Waals surface area contributed by atoms with Crippen LogP contribution in [0.1, 0.15) is 40.1 Å². The molecule has 0 spiro atoms. The second kappa shape index (κ2) is 12.3. The van der Waals surface area contributed by atoms with Gasteiger partial charge in [0.25, 0.3) is 5.91 Å². The Kier molecular flexibility index (Phi) is 7.91. The lowest BCUT2D eigenvalue weighted by Gasteiger charge is -2.43. The quantitative estimate of drug-likeness (QED) is 0.183. The Morgan fingerprint density at radius 1 is 0.980 bits per heavy atom. The average Bonchev–Trinajstić information content (AvgIpc) is 3.83. The van der Waals surface area contributed by atoms with Crippen molar-refractivity contribution >= 4 is 58.2 Å². The van der Waals surface area contributed by atoms with Crippen molar-refractivity contribution in [2.24, 2.45) is 29.6 Å². The number of hydrogen-bond donors (Lipinski definition) is 2. The van der Waals surface area contributed by atoms with Crippen molar-refractivity contribution in [2.45, 2.75) is 29.5 Å². The maximum Gasteiger partial charge on any atom is 0.338 e. The van der Waals surface area contributed by atoms with Gasteiger partial charge in [-0.05, 0) is 97.3 Å². The number of H-pyrrole nitrogens is 1. The Labute approximate surface area is 288 Å². The fourth-order valence-corrected chi connectivity index (χ4v) is 11.2. The first-order valence-electron chi connectivity index (χ1n) is 16.0. The molecule has 3 heterocycles. The molecule has 49 heavy (non-hydrogen) atoms. The lowest BCUT2D eigenvalue weighted by Crippen LogP contribution is -2.42. The number of carbonyl (C=O) groups is 4. The number of nitrogens with one attached hydrogen (secondary N) is 2. The zero-order valence-corrected chi connectivity index (χ0v) is 27.7. The van der Waals surface area contributed by atoms with Gasteiger partial charge in [0, 0.05) is 21.7 Å². The Hall–Kier alpha value is -4.75. The normalized spacial score (nSPS) is 26.2. The molecule has 0 unspecified atom stereocenters. The van der Waals surface area contributed by atoms with Gasteiger partial charge < -0.3 is 19.8 Å². The van der Waals surface area contributed by atoms with E-state index in [0.29, 0.717) is 22.7 Å². The number of aromatic amines is 1. The Morgan fingerprint density at radius 2 is 1.71 bits per heavy atom. The topological polar surface area (TPSA) is 135 Å². The van der Waals surface area contributed by atoms with Crippen LogP contribution in [0.4, 0.5) is 15.8 Å². The van der Waals surface area contributed by atoms with Crippen LogP contribution >= 0.6 is 23.1 Å². The second-order valence-corrected chi connectivity index (χ2v) is 14.9. The zero-order chi connectivity index (χ0) is 34.0. The molecular formula is C36H30FN3O7S2. The number of thiazole rings is 1. The molecule has 2 aliphatic carbocycles. The molecule has 2 saturated carbocycles. The van der Waals surface area contributed by atoms with Crippen LogP contribution in [0.2, 0.25) is 0 Å². The fraction of sp³-hybridized carbons (Fsp3) is 0.306. The van der Waals surface area contributed by atoms with Crippen molar-refractivity contribution in [2.75, 3.05) is 23.4 Å². The fourth-order valence-electron chi connectivity index (χ4n) is 8.28. The number of ether oxygens (including phenoxy) is 2.